The molecule has 0 aromatic carbocycles. The molecular weight excluding hydrogens is 953 g/mol. The zero-order valence-corrected chi connectivity index (χ0v) is 42.3. The Morgan fingerprint density at radius 1 is 0.364 bits per heavy atom. The molecule has 14 heterocycles. The molecule has 0 saturated heterocycles. The van der Waals surface area contributed by atoms with Gasteiger partial charge >= 0.3 is 0 Å². The molecule has 0 aliphatic carbocycles. The van der Waals surface area contributed by atoms with Crippen molar-refractivity contribution < 1.29 is 0 Å². The van der Waals surface area contributed by atoms with Gasteiger partial charge in [-0.1, -0.05) is 58.2 Å². The standard InChI is InChI=1S/7C9H8N2/c1-7-4-9-5-10-3-2-8(9)6-11-7;1-7-4-8-2-3-10-5-9(8)6-11-7;1-7-2-3-8-6-10-5-4-9(8)11-7;1-7-2-3-8-4-5-10-6-9(8)11-7;1-7-4-5-8-9(11-7)3-2-6-10-8;1-7-5-9-8(6-11-7)3-2-4-10-9;1-7-5-8-3-2-4-10-9(8)6-11-7/h5*2-6,11H,1H2;2-6,10H,1H2;2-6,11H,1H2. The van der Waals surface area contributed by atoms with E-state index in [1.807, 2.05) is 171 Å². The fourth-order valence-corrected chi connectivity index (χ4v) is 7.43. The van der Waals surface area contributed by atoms with Crippen molar-refractivity contribution in [1.29, 1.82) is 0 Å². The highest BCUT2D eigenvalue weighted by Crippen LogP contribution is 2.23. The number of fused-ring (bicyclic) bond motifs is 7. The fraction of sp³-hybridized carbons (Fsp3) is 0. The molecule has 0 atom stereocenters. The van der Waals surface area contributed by atoms with Gasteiger partial charge in [0.25, 0.3) is 0 Å². The lowest BCUT2D eigenvalue weighted by Gasteiger charge is -2.12. The predicted molar refractivity (Wildman–Crippen MR) is 318 cm³/mol. The molecule has 14 heteroatoms. The summed E-state index contributed by atoms with van der Waals surface area (Å²) in [6.07, 6.45) is 49.0. The summed E-state index contributed by atoms with van der Waals surface area (Å²) in [7, 11) is 0. The molecule has 77 heavy (non-hydrogen) atoms. The van der Waals surface area contributed by atoms with Gasteiger partial charge in [-0.05, 0) is 115 Å². The monoisotopic (exact) mass is 1010 g/mol. The van der Waals surface area contributed by atoms with E-state index >= 15 is 0 Å². The van der Waals surface area contributed by atoms with E-state index in [-0.39, 0.29) is 0 Å². The van der Waals surface area contributed by atoms with Crippen molar-refractivity contribution in [3.8, 4) is 0 Å². The van der Waals surface area contributed by atoms with Crippen molar-refractivity contribution in [2.24, 2.45) is 0 Å². The maximum atomic E-state index is 4.16. The van der Waals surface area contributed by atoms with Crippen LogP contribution < -0.4 is 79.2 Å². The molecule has 0 spiro atoms. The summed E-state index contributed by atoms with van der Waals surface area (Å²) >= 11 is 0. The van der Waals surface area contributed by atoms with Crippen LogP contribution in [0.1, 0.15) is 16.8 Å². The molecular formula is C63H56N14. The zero-order valence-electron chi connectivity index (χ0n) is 42.3. The summed E-state index contributed by atoms with van der Waals surface area (Å²) in [6, 6.07) is 17.6. The third-order valence-corrected chi connectivity index (χ3v) is 11.3. The number of aromatic nitrogens is 7. The van der Waals surface area contributed by atoms with E-state index in [2.05, 4.69) is 118 Å². The van der Waals surface area contributed by atoms with E-state index in [1.165, 1.54) is 5.22 Å². The second-order valence-electron chi connectivity index (χ2n) is 17.1. The Kier molecular flexibility index (Phi) is 17.7. The predicted octanol–water partition coefficient (Wildman–Crippen LogP) is 5.46. The molecule has 378 valence electrons. The molecule has 0 radical (unpaired) electrons. The summed E-state index contributed by atoms with van der Waals surface area (Å²) in [5.74, 6) is 0. The van der Waals surface area contributed by atoms with Crippen LogP contribution in [0.3, 0.4) is 0 Å². The van der Waals surface area contributed by atoms with E-state index < -0.39 is 0 Å². The SMILES string of the molecule is C=C1C=Cc2ccncc2N1.C=C1C=Cc2cnccc2N1.C=C1C=Cc2ncccc2N1.C=C1C=c2cccnc2=CN1.C=C1C=c2ccncc2=CN1.C=C1C=c2cnccc2=CN1.C=c1cc2c(cn1)=CC=CN2. The molecule has 7 aliphatic rings. The van der Waals surface area contributed by atoms with E-state index in [9.17, 15) is 0 Å². The van der Waals surface area contributed by atoms with Crippen LogP contribution in [0.5, 0.6) is 0 Å². The molecule has 0 bridgehead atoms. The number of nitrogens with one attached hydrogen (secondary N) is 7. The summed E-state index contributed by atoms with van der Waals surface area (Å²) in [5.41, 5.74) is 12.9. The summed E-state index contributed by atoms with van der Waals surface area (Å²) in [5, 5.41) is 30.1. The average Bonchev–Trinajstić information content (AvgIpc) is 3.46. The lowest BCUT2D eigenvalue weighted by molar-refractivity contribution is 1.12. The highest BCUT2D eigenvalue weighted by Gasteiger charge is 2.06. The Labute approximate surface area is 446 Å². The normalized spacial score (nSPS) is 13.9. The van der Waals surface area contributed by atoms with E-state index in [4.69, 9.17) is 0 Å². The van der Waals surface area contributed by atoms with Crippen molar-refractivity contribution >= 4 is 90.5 Å². The highest BCUT2D eigenvalue weighted by atomic mass is 14.9. The largest absolute Gasteiger partial charge is 0.362 e. The molecule has 7 N–H and O–H groups in total. The number of rotatable bonds is 0. The first-order valence-electron chi connectivity index (χ1n) is 24.1. The molecule has 0 saturated carbocycles. The van der Waals surface area contributed by atoms with Gasteiger partial charge in [0.2, 0.25) is 0 Å². The second kappa shape index (κ2) is 26.1. The van der Waals surface area contributed by atoms with Crippen LogP contribution in [0.25, 0.3) is 67.7 Å². The van der Waals surface area contributed by atoms with E-state index in [0.29, 0.717) is 0 Å². The van der Waals surface area contributed by atoms with Gasteiger partial charge < -0.3 is 37.2 Å². The maximum absolute atomic E-state index is 4.16. The highest BCUT2D eigenvalue weighted by molar-refractivity contribution is 5.75. The lowest BCUT2D eigenvalue weighted by Crippen LogP contribution is -2.33. The Hall–Kier alpha value is -11.0. The van der Waals surface area contributed by atoms with Crippen LogP contribution in [0.15, 0.2) is 227 Å². The van der Waals surface area contributed by atoms with Crippen LogP contribution in [0, 0.1) is 0 Å². The van der Waals surface area contributed by atoms with Gasteiger partial charge in [0.05, 0.1) is 34.0 Å². The first-order valence-corrected chi connectivity index (χ1v) is 24.1. The van der Waals surface area contributed by atoms with Crippen molar-refractivity contribution in [3.05, 3.63) is 286 Å². The second-order valence-corrected chi connectivity index (χ2v) is 17.1. The van der Waals surface area contributed by atoms with Crippen LogP contribution in [0.2, 0.25) is 0 Å². The Morgan fingerprint density at radius 3 is 1.77 bits per heavy atom. The molecule has 7 aliphatic heterocycles. The third kappa shape index (κ3) is 15.5. The van der Waals surface area contributed by atoms with Crippen molar-refractivity contribution in [3.63, 3.8) is 0 Å². The van der Waals surface area contributed by atoms with Crippen molar-refractivity contribution in [2.45, 2.75) is 0 Å². The van der Waals surface area contributed by atoms with Gasteiger partial charge in [0.15, 0.2) is 0 Å². The minimum absolute atomic E-state index is 0.792. The topological polar surface area (TPSA) is 174 Å². The van der Waals surface area contributed by atoms with E-state index in [1.54, 1.807) is 43.4 Å². The minimum atomic E-state index is 0.792. The zero-order chi connectivity index (χ0) is 53.8. The van der Waals surface area contributed by atoms with Crippen LogP contribution in [-0.4, -0.2) is 34.9 Å². The van der Waals surface area contributed by atoms with Gasteiger partial charge in [-0.3, -0.25) is 34.9 Å². The minimum Gasteiger partial charge on any atom is -0.362 e. The molecule has 0 unspecified atom stereocenters. The van der Waals surface area contributed by atoms with Gasteiger partial charge in [-0.15, -0.1) is 0 Å². The van der Waals surface area contributed by atoms with Crippen LogP contribution in [-0.2, 0) is 0 Å². The number of hydrogen-bond donors (Lipinski definition) is 7. The number of nitrogens with zero attached hydrogens (tertiary/aromatic N) is 7. The third-order valence-electron chi connectivity index (χ3n) is 11.3. The van der Waals surface area contributed by atoms with Gasteiger partial charge in [-0.25, -0.2) is 0 Å². The van der Waals surface area contributed by atoms with E-state index in [0.717, 1.165) is 111 Å². The molecule has 14 nitrogen and oxygen atoms in total. The number of hydrogen-bond acceptors (Lipinski definition) is 14. The Morgan fingerprint density at radius 2 is 0.961 bits per heavy atom. The first kappa shape index (κ1) is 52.3. The Bertz CT molecular complexity index is 3720. The molecule has 7 aromatic rings. The molecule has 14 rings (SSSR count). The van der Waals surface area contributed by atoms with Gasteiger partial charge in [-0.2, -0.15) is 0 Å². The quantitative estimate of drug-likeness (QED) is 0.102. The summed E-state index contributed by atoms with van der Waals surface area (Å²) in [6.45, 7) is 26.5. The Balaban J connectivity index is 0.000000119. The maximum Gasteiger partial charge on any atom is 0.0865 e. The molecule has 7 aromatic heterocycles. The molecule has 0 fully saturated rings. The number of anilines is 4. The summed E-state index contributed by atoms with van der Waals surface area (Å²) < 4.78 is 0. The molecule has 0 amide bonds. The van der Waals surface area contributed by atoms with Gasteiger partial charge in [0, 0.05) is 170 Å². The fourth-order valence-electron chi connectivity index (χ4n) is 7.43. The first-order chi connectivity index (χ1) is 37.5. The lowest BCUT2D eigenvalue weighted by atomic mass is 10.1. The number of pyridine rings is 7. The van der Waals surface area contributed by atoms with Gasteiger partial charge in [0.1, 0.15) is 0 Å². The van der Waals surface area contributed by atoms with Crippen LogP contribution in [0.4, 0.5) is 22.7 Å². The van der Waals surface area contributed by atoms with Crippen molar-refractivity contribution in [1.82, 2.24) is 50.8 Å². The number of allylic oxidation sites excluding steroid dienone is 7. The smallest absolute Gasteiger partial charge is 0.0865 e. The summed E-state index contributed by atoms with van der Waals surface area (Å²) in [4.78, 5) is 28.4. The average molecular weight is 1010 g/mol. The van der Waals surface area contributed by atoms with Crippen LogP contribution >= 0.6 is 0 Å². The van der Waals surface area contributed by atoms with Crippen molar-refractivity contribution in [2.75, 3.05) is 21.3 Å².